The molecule has 160 valence electrons. The van der Waals surface area contributed by atoms with E-state index in [0.717, 1.165) is 24.3 Å². The molecule has 0 aromatic heterocycles. The molecule has 29 heavy (non-hydrogen) atoms. The topological polar surface area (TPSA) is 52.6 Å². The third kappa shape index (κ3) is 9.07. The molecule has 0 saturated heterocycles. The van der Waals surface area contributed by atoms with E-state index in [9.17, 15) is 34.8 Å². The lowest BCUT2D eigenvalue weighted by Gasteiger charge is -2.10. The lowest BCUT2D eigenvalue weighted by atomic mass is 10.2. The van der Waals surface area contributed by atoms with Crippen LogP contribution in [0.4, 0.5) is 26.3 Å². The number of benzene rings is 2. The summed E-state index contributed by atoms with van der Waals surface area (Å²) in [7, 11) is -3.48. The summed E-state index contributed by atoms with van der Waals surface area (Å²) < 4.78 is 104. The van der Waals surface area contributed by atoms with Gasteiger partial charge in [0.1, 0.15) is 11.5 Å². The summed E-state index contributed by atoms with van der Waals surface area (Å²) in [6.45, 7) is 0. The van der Waals surface area contributed by atoms with Crippen LogP contribution < -0.4 is 9.47 Å². The number of rotatable bonds is 8. The van der Waals surface area contributed by atoms with Crippen molar-refractivity contribution in [1.29, 1.82) is 0 Å². The van der Waals surface area contributed by atoms with Gasteiger partial charge in [0.15, 0.2) is 9.84 Å². The molecule has 0 fully saturated rings. The van der Waals surface area contributed by atoms with Gasteiger partial charge in [0, 0.05) is 0 Å². The fourth-order valence-corrected chi connectivity index (χ4v) is 3.66. The maximum Gasteiger partial charge on any atom is 0.573 e. The molecule has 0 aliphatic rings. The minimum atomic E-state index is -4.80. The Labute approximate surface area is 163 Å². The van der Waals surface area contributed by atoms with Crippen LogP contribution in [0.3, 0.4) is 0 Å². The number of hydrogen-bond donors (Lipinski definition) is 0. The van der Waals surface area contributed by atoms with Gasteiger partial charge in [-0.2, -0.15) is 0 Å². The van der Waals surface area contributed by atoms with Crippen molar-refractivity contribution in [3.63, 3.8) is 0 Å². The minimum absolute atomic E-state index is 0.104. The van der Waals surface area contributed by atoms with Gasteiger partial charge < -0.3 is 9.47 Å². The zero-order chi connectivity index (χ0) is 21.7. The average Bonchev–Trinajstić information content (AvgIpc) is 2.58. The minimum Gasteiger partial charge on any atom is -0.406 e. The highest BCUT2D eigenvalue weighted by atomic mass is 32.2. The lowest BCUT2D eigenvalue weighted by Crippen LogP contribution is -2.17. The number of halogens is 6. The molecule has 0 unspecified atom stereocenters. The van der Waals surface area contributed by atoms with Crippen LogP contribution in [0.2, 0.25) is 0 Å². The predicted octanol–water partition coefficient (Wildman–Crippen LogP) is 4.68. The fraction of sp³-hybridized carbons (Fsp3) is 0.333. The maximum atomic E-state index is 12.1. The quantitative estimate of drug-likeness (QED) is 0.557. The van der Waals surface area contributed by atoms with Gasteiger partial charge in [-0.1, -0.05) is 24.3 Å². The molecular weight excluding hydrogens is 426 g/mol. The van der Waals surface area contributed by atoms with Crippen molar-refractivity contribution in [2.24, 2.45) is 0 Å². The molecule has 4 nitrogen and oxygen atoms in total. The molecule has 11 heteroatoms. The first-order chi connectivity index (χ1) is 13.3. The summed E-state index contributed by atoms with van der Waals surface area (Å²) in [4.78, 5) is 0. The van der Waals surface area contributed by atoms with Gasteiger partial charge in [-0.15, -0.1) is 26.3 Å². The van der Waals surface area contributed by atoms with Crippen LogP contribution in [-0.4, -0.2) is 32.6 Å². The normalized spacial score (nSPS) is 12.6. The second kappa shape index (κ2) is 8.93. The van der Waals surface area contributed by atoms with Crippen LogP contribution in [0.15, 0.2) is 48.5 Å². The summed E-state index contributed by atoms with van der Waals surface area (Å²) in [6.07, 6.45) is -9.40. The third-order valence-corrected chi connectivity index (χ3v) is 5.37. The second-order valence-corrected chi connectivity index (χ2v) is 8.34. The van der Waals surface area contributed by atoms with Crippen molar-refractivity contribution in [2.75, 3.05) is 11.5 Å². The van der Waals surface area contributed by atoms with Crippen LogP contribution in [-0.2, 0) is 22.7 Å². The Morgan fingerprint density at radius 1 is 0.621 bits per heavy atom. The maximum absolute atomic E-state index is 12.1. The first kappa shape index (κ1) is 22.9. The van der Waals surface area contributed by atoms with Crippen LogP contribution >= 0.6 is 0 Å². The highest BCUT2D eigenvalue weighted by Gasteiger charge is 2.31. The van der Waals surface area contributed by atoms with Gasteiger partial charge in [-0.3, -0.25) is 0 Å². The Balaban J connectivity index is 1.84. The smallest absolute Gasteiger partial charge is 0.406 e. The van der Waals surface area contributed by atoms with E-state index in [1.165, 1.54) is 24.3 Å². The number of sulfone groups is 1. The molecule has 0 aliphatic heterocycles. The summed E-state index contributed by atoms with van der Waals surface area (Å²) in [5, 5.41) is 0. The van der Waals surface area contributed by atoms with Crippen LogP contribution in [0, 0.1) is 0 Å². The Kier molecular flexibility index (Phi) is 7.04. The molecule has 2 rings (SSSR count). The third-order valence-electron chi connectivity index (χ3n) is 3.72. The van der Waals surface area contributed by atoms with Crippen LogP contribution in [0.5, 0.6) is 11.5 Å². The summed E-state index contributed by atoms with van der Waals surface area (Å²) >= 11 is 0. The van der Waals surface area contributed by atoms with E-state index in [2.05, 4.69) is 9.47 Å². The van der Waals surface area contributed by atoms with E-state index in [1.54, 1.807) is 0 Å². The Bertz CT molecular complexity index is 818. The number of aryl methyl sites for hydroxylation is 2. The fourth-order valence-electron chi connectivity index (χ4n) is 2.36. The Morgan fingerprint density at radius 3 is 1.21 bits per heavy atom. The Hall–Kier alpha value is -2.43. The monoisotopic (exact) mass is 442 g/mol. The van der Waals surface area contributed by atoms with E-state index >= 15 is 0 Å². The zero-order valence-corrected chi connectivity index (χ0v) is 15.6. The molecule has 0 saturated carbocycles. The Morgan fingerprint density at radius 2 is 0.931 bits per heavy atom. The van der Waals surface area contributed by atoms with Gasteiger partial charge in [0.2, 0.25) is 0 Å². The molecule has 0 spiro atoms. The number of ether oxygens (including phenoxy) is 2. The zero-order valence-electron chi connectivity index (χ0n) is 14.8. The molecule has 2 aromatic rings. The van der Waals surface area contributed by atoms with Gasteiger partial charge >= 0.3 is 12.7 Å². The lowest BCUT2D eigenvalue weighted by molar-refractivity contribution is -0.275. The van der Waals surface area contributed by atoms with Gasteiger partial charge in [0.25, 0.3) is 0 Å². The SMILES string of the molecule is O=S(=O)(CCc1ccc(OC(F)(F)F)cc1)CCc1ccc(OC(F)(F)F)cc1. The van der Waals surface area contributed by atoms with Crippen molar-refractivity contribution in [3.05, 3.63) is 59.7 Å². The van der Waals surface area contributed by atoms with Crippen molar-refractivity contribution in [2.45, 2.75) is 25.6 Å². The van der Waals surface area contributed by atoms with Crippen molar-refractivity contribution in [1.82, 2.24) is 0 Å². The second-order valence-electron chi connectivity index (χ2n) is 6.04. The average molecular weight is 442 g/mol. The van der Waals surface area contributed by atoms with E-state index in [-0.39, 0.29) is 24.3 Å². The van der Waals surface area contributed by atoms with E-state index < -0.39 is 34.1 Å². The first-order valence-corrected chi connectivity index (χ1v) is 10.0. The summed E-state index contributed by atoms with van der Waals surface area (Å²) in [6, 6.07) is 9.76. The highest BCUT2D eigenvalue weighted by molar-refractivity contribution is 7.91. The van der Waals surface area contributed by atoms with Gasteiger partial charge in [0.05, 0.1) is 11.5 Å². The van der Waals surface area contributed by atoms with E-state index in [0.29, 0.717) is 11.1 Å². The van der Waals surface area contributed by atoms with Gasteiger partial charge in [-0.25, -0.2) is 8.42 Å². The van der Waals surface area contributed by atoms with Crippen LogP contribution in [0.1, 0.15) is 11.1 Å². The van der Waals surface area contributed by atoms with E-state index in [4.69, 9.17) is 0 Å². The summed E-state index contributed by atoms with van der Waals surface area (Å²) in [5.41, 5.74) is 1.05. The van der Waals surface area contributed by atoms with Crippen molar-refractivity contribution >= 4 is 9.84 Å². The highest BCUT2D eigenvalue weighted by Crippen LogP contribution is 2.24. The van der Waals surface area contributed by atoms with Gasteiger partial charge in [-0.05, 0) is 48.2 Å². The first-order valence-electron chi connectivity index (χ1n) is 8.21. The molecule has 0 aliphatic carbocycles. The molecule has 0 radical (unpaired) electrons. The van der Waals surface area contributed by atoms with E-state index in [1.807, 2.05) is 0 Å². The van der Waals surface area contributed by atoms with Crippen LogP contribution in [0.25, 0.3) is 0 Å². The molecule has 2 aromatic carbocycles. The largest absolute Gasteiger partial charge is 0.573 e. The predicted molar refractivity (Wildman–Crippen MR) is 92.3 cm³/mol. The molecule has 0 amide bonds. The van der Waals surface area contributed by atoms with Crippen molar-refractivity contribution in [3.8, 4) is 11.5 Å². The molecule has 0 N–H and O–H groups in total. The number of hydrogen-bond acceptors (Lipinski definition) is 4. The molecule has 0 heterocycles. The molecule has 0 atom stereocenters. The summed E-state index contributed by atoms with van der Waals surface area (Å²) in [5.74, 6) is -1.24. The molecular formula is C18H16F6O4S. The molecule has 0 bridgehead atoms. The van der Waals surface area contributed by atoms with Crippen molar-refractivity contribution < 1.29 is 44.2 Å². The number of alkyl halides is 6. The standard InChI is InChI=1S/C18H16F6O4S/c19-17(20,21)27-15-5-1-13(2-6-15)9-11-29(25,26)12-10-14-3-7-16(8-4-14)28-18(22,23)24/h1-8H,9-12H2.